The van der Waals surface area contributed by atoms with Crippen LogP contribution in [0.25, 0.3) is 17.2 Å². The summed E-state index contributed by atoms with van der Waals surface area (Å²) < 4.78 is 0. The lowest BCUT2D eigenvalue weighted by molar-refractivity contribution is 0.0177. The van der Waals surface area contributed by atoms with Crippen molar-refractivity contribution in [2.45, 2.75) is 51.7 Å². The Morgan fingerprint density at radius 1 is 1.13 bits per heavy atom. The molecule has 0 spiro atoms. The van der Waals surface area contributed by atoms with Gasteiger partial charge in [0.2, 0.25) is 0 Å². The summed E-state index contributed by atoms with van der Waals surface area (Å²) in [7, 11) is 0. The minimum atomic E-state index is -0.676. The van der Waals surface area contributed by atoms with Crippen LogP contribution in [0.15, 0.2) is 53.0 Å². The maximum absolute atomic E-state index is 12.7. The first kappa shape index (κ1) is 26.6. The van der Waals surface area contributed by atoms with E-state index in [-0.39, 0.29) is 5.91 Å². The number of carbonyl (C=O) groups excluding carboxylic acids is 1. The molecule has 2 saturated heterocycles. The van der Waals surface area contributed by atoms with Gasteiger partial charge < -0.3 is 21.1 Å². The van der Waals surface area contributed by atoms with Gasteiger partial charge in [0.1, 0.15) is 12.1 Å². The molecule has 3 aliphatic rings. The second-order valence-corrected chi connectivity index (χ2v) is 10.9. The Morgan fingerprint density at radius 2 is 1.84 bits per heavy atom. The highest BCUT2D eigenvalue weighted by atomic mass is 16.3. The molecule has 0 saturated carbocycles. The molecule has 3 aliphatic heterocycles. The van der Waals surface area contributed by atoms with Gasteiger partial charge in [0.25, 0.3) is 5.91 Å². The van der Waals surface area contributed by atoms with Gasteiger partial charge in [-0.15, -0.1) is 0 Å². The zero-order valence-electron chi connectivity index (χ0n) is 22.5. The third-order valence-electron chi connectivity index (χ3n) is 8.02. The van der Waals surface area contributed by atoms with Crippen molar-refractivity contribution < 1.29 is 9.90 Å². The molecule has 38 heavy (non-hydrogen) atoms. The van der Waals surface area contributed by atoms with Crippen molar-refractivity contribution in [1.29, 1.82) is 0 Å². The van der Waals surface area contributed by atoms with Crippen molar-refractivity contribution in [3.05, 3.63) is 59.2 Å². The Labute approximate surface area is 226 Å². The summed E-state index contributed by atoms with van der Waals surface area (Å²) in [5, 5.41) is 14.9. The second kappa shape index (κ2) is 12.2. The number of aliphatic hydroxyl groups is 1. The maximum atomic E-state index is 12.7. The van der Waals surface area contributed by atoms with Crippen molar-refractivity contribution in [2.75, 3.05) is 39.3 Å². The van der Waals surface area contributed by atoms with E-state index < -0.39 is 6.23 Å². The van der Waals surface area contributed by atoms with E-state index in [2.05, 4.69) is 35.3 Å². The quantitative estimate of drug-likeness (QED) is 0.453. The first-order valence-electron chi connectivity index (χ1n) is 14.2. The standard InChI is InChI=1S/C31H41N5O2/c1-2-15-36(21-22-11-13-33-14-12-22)31(38)27-18-26-10-9-25(19-28(26)34-29(32)20-27)23-5-7-24(8-6-23)30(37)35-16-3-4-17-35/h5-10,18-19,22,31,33,38H,2-4,11-17,20-21H2,1H3,(H2,32,34). The van der Waals surface area contributed by atoms with E-state index in [1.165, 1.54) is 0 Å². The molecule has 3 heterocycles. The minimum Gasteiger partial charge on any atom is -0.387 e. The zero-order valence-corrected chi connectivity index (χ0v) is 22.5. The van der Waals surface area contributed by atoms with Crippen molar-refractivity contribution in [1.82, 2.24) is 15.1 Å². The number of nitrogens with two attached hydrogens (primary N) is 1. The molecular weight excluding hydrogens is 474 g/mol. The first-order valence-corrected chi connectivity index (χ1v) is 14.2. The van der Waals surface area contributed by atoms with Gasteiger partial charge in [-0.05, 0) is 92.1 Å². The molecule has 4 N–H and O–H groups in total. The van der Waals surface area contributed by atoms with E-state index in [1.807, 2.05) is 35.2 Å². The van der Waals surface area contributed by atoms with Crippen molar-refractivity contribution >= 4 is 23.5 Å². The van der Waals surface area contributed by atoms with Crippen LogP contribution < -0.4 is 11.1 Å². The molecule has 0 bridgehead atoms. The summed E-state index contributed by atoms with van der Waals surface area (Å²) in [6.07, 6.45) is 7.30. The number of benzene rings is 2. The summed E-state index contributed by atoms with van der Waals surface area (Å²) in [6, 6.07) is 14.0. The molecule has 0 aliphatic carbocycles. The van der Waals surface area contributed by atoms with E-state index in [0.717, 1.165) is 105 Å². The molecule has 1 atom stereocenters. The average Bonchev–Trinajstić information content (AvgIpc) is 3.42. The van der Waals surface area contributed by atoms with Crippen LogP contribution in [0.5, 0.6) is 0 Å². The number of rotatable bonds is 8. The highest BCUT2D eigenvalue weighted by Gasteiger charge is 2.26. The molecule has 7 heteroatoms. The summed E-state index contributed by atoms with van der Waals surface area (Å²) in [4.78, 5) is 21.6. The summed E-state index contributed by atoms with van der Waals surface area (Å²) >= 11 is 0. The van der Waals surface area contributed by atoms with Crippen LogP contribution in [0.1, 0.15) is 61.4 Å². The molecule has 2 aromatic rings. The number of amides is 1. The number of hydrogen-bond acceptors (Lipinski definition) is 6. The van der Waals surface area contributed by atoms with Crippen LogP contribution in [-0.2, 0) is 0 Å². The molecule has 2 aromatic carbocycles. The molecule has 1 amide bonds. The SMILES string of the molecule is CCCN(CC1CCNCC1)C(O)C1=Cc2ccc(-c3ccc(C(=O)N4CCCC4)cc3)cc2N=C(N)C1. The Kier molecular flexibility index (Phi) is 8.57. The molecule has 0 radical (unpaired) electrons. The number of fused-ring (bicyclic) bond motifs is 1. The minimum absolute atomic E-state index is 0.113. The lowest BCUT2D eigenvalue weighted by atomic mass is 9.96. The molecule has 0 aromatic heterocycles. The van der Waals surface area contributed by atoms with Crippen LogP contribution in [0.3, 0.4) is 0 Å². The van der Waals surface area contributed by atoms with Gasteiger partial charge in [0.15, 0.2) is 0 Å². The molecule has 1 unspecified atom stereocenters. The monoisotopic (exact) mass is 515 g/mol. The number of carbonyl (C=O) groups is 1. The summed E-state index contributed by atoms with van der Waals surface area (Å²) in [5.74, 6) is 1.22. The number of piperidine rings is 1. The van der Waals surface area contributed by atoms with Crippen LogP contribution >= 0.6 is 0 Å². The maximum Gasteiger partial charge on any atom is 0.253 e. The van der Waals surface area contributed by atoms with Crippen molar-refractivity contribution in [3.63, 3.8) is 0 Å². The number of amidine groups is 1. The zero-order chi connectivity index (χ0) is 26.5. The van der Waals surface area contributed by atoms with Crippen LogP contribution in [-0.4, -0.2) is 72.1 Å². The molecule has 2 fully saturated rings. The number of nitrogens with one attached hydrogen (secondary N) is 1. The summed E-state index contributed by atoms with van der Waals surface area (Å²) in [5.41, 5.74) is 11.8. The lowest BCUT2D eigenvalue weighted by Crippen LogP contribution is -2.43. The predicted octanol–water partition coefficient (Wildman–Crippen LogP) is 4.40. The van der Waals surface area contributed by atoms with Gasteiger partial charge in [-0.3, -0.25) is 9.69 Å². The molecule has 202 valence electrons. The third kappa shape index (κ3) is 6.17. The predicted molar refractivity (Wildman–Crippen MR) is 154 cm³/mol. The fourth-order valence-electron chi connectivity index (χ4n) is 5.90. The van der Waals surface area contributed by atoms with Crippen molar-refractivity contribution in [3.8, 4) is 11.1 Å². The Bertz CT molecular complexity index is 1180. The van der Waals surface area contributed by atoms with Gasteiger partial charge in [-0.25, -0.2) is 4.99 Å². The van der Waals surface area contributed by atoms with Gasteiger partial charge in [-0.1, -0.05) is 31.2 Å². The number of hydrogen-bond donors (Lipinski definition) is 3. The van der Waals surface area contributed by atoms with Crippen molar-refractivity contribution in [2.24, 2.45) is 16.6 Å². The van der Waals surface area contributed by atoms with Crippen LogP contribution in [0.2, 0.25) is 0 Å². The number of likely N-dealkylation sites (tertiary alicyclic amines) is 1. The van der Waals surface area contributed by atoms with Crippen LogP contribution in [0, 0.1) is 5.92 Å². The Morgan fingerprint density at radius 3 is 2.55 bits per heavy atom. The average molecular weight is 516 g/mol. The first-order chi connectivity index (χ1) is 18.5. The topological polar surface area (TPSA) is 94.2 Å². The van der Waals surface area contributed by atoms with Gasteiger partial charge in [0, 0.05) is 43.7 Å². The molecule has 5 rings (SSSR count). The summed E-state index contributed by atoms with van der Waals surface area (Å²) in [6.45, 7) is 7.71. The highest BCUT2D eigenvalue weighted by molar-refractivity contribution is 5.95. The Balaban J connectivity index is 1.35. The van der Waals surface area contributed by atoms with E-state index in [0.29, 0.717) is 18.2 Å². The normalized spacial score (nSPS) is 19.1. The molecule has 7 nitrogen and oxygen atoms in total. The van der Waals surface area contributed by atoms with E-state index in [4.69, 9.17) is 10.7 Å². The van der Waals surface area contributed by atoms with Gasteiger partial charge in [-0.2, -0.15) is 0 Å². The van der Waals surface area contributed by atoms with Gasteiger partial charge >= 0.3 is 0 Å². The number of nitrogens with zero attached hydrogens (tertiary/aromatic N) is 3. The Hall–Kier alpha value is -3.00. The molecular formula is C31H41N5O2. The number of aliphatic imine (C=N–C) groups is 1. The lowest BCUT2D eigenvalue weighted by Gasteiger charge is -2.34. The second-order valence-electron chi connectivity index (χ2n) is 10.9. The largest absolute Gasteiger partial charge is 0.387 e. The fraction of sp³-hybridized carbons (Fsp3) is 0.484. The highest BCUT2D eigenvalue weighted by Crippen LogP contribution is 2.33. The van der Waals surface area contributed by atoms with E-state index in [9.17, 15) is 9.90 Å². The van der Waals surface area contributed by atoms with Crippen LogP contribution in [0.4, 0.5) is 5.69 Å². The van der Waals surface area contributed by atoms with E-state index >= 15 is 0 Å². The fourth-order valence-corrected chi connectivity index (χ4v) is 5.90. The smallest absolute Gasteiger partial charge is 0.253 e. The van der Waals surface area contributed by atoms with Gasteiger partial charge in [0.05, 0.1) is 5.69 Å². The van der Waals surface area contributed by atoms with E-state index in [1.54, 1.807) is 0 Å². The third-order valence-corrected chi connectivity index (χ3v) is 8.02. The number of aliphatic hydroxyl groups excluding tert-OH is 1.